The number of esters is 4. The molecule has 0 aromatic heterocycles. The highest BCUT2D eigenvalue weighted by molar-refractivity contribution is 6.02. The second-order valence-corrected chi connectivity index (χ2v) is 7.62. The Balaban J connectivity index is 3.99. The van der Waals surface area contributed by atoms with E-state index in [1.165, 1.54) is 0 Å². The molecule has 0 saturated heterocycles. The van der Waals surface area contributed by atoms with Gasteiger partial charge in [-0.05, 0) is 47.0 Å². The maximum atomic E-state index is 13.3. The molecule has 35 heavy (non-hydrogen) atoms. The van der Waals surface area contributed by atoms with E-state index in [0.29, 0.717) is 25.8 Å². The number of hydrogen-bond acceptors (Lipinski definition) is 10. The van der Waals surface area contributed by atoms with E-state index in [2.05, 4.69) is 0 Å². The first-order valence-electron chi connectivity index (χ1n) is 12.5. The standard InChI is InChI=1S/C25H40N2O8/c1-8-15-26-19(10-3)27(18(23(29)33-12-5)16-20(28)32-11-4)17(9-2)21(24(30)34-13-6)22(26)25(31)35-14-7/h16-17,19H,8-15H2,1-7H3/b18-16+. The minimum atomic E-state index is -0.753. The average Bonchev–Trinajstić information content (AvgIpc) is 2.82. The normalized spacial score (nSPS) is 18.3. The van der Waals surface area contributed by atoms with E-state index in [0.717, 1.165) is 6.08 Å². The molecule has 0 aromatic rings. The van der Waals surface area contributed by atoms with Crippen molar-refractivity contribution in [2.75, 3.05) is 33.0 Å². The summed E-state index contributed by atoms with van der Waals surface area (Å²) < 4.78 is 21.0. The van der Waals surface area contributed by atoms with Crippen LogP contribution in [0, 0.1) is 0 Å². The Morgan fingerprint density at radius 3 is 1.83 bits per heavy atom. The lowest BCUT2D eigenvalue weighted by Gasteiger charge is -2.50. The minimum Gasteiger partial charge on any atom is -0.463 e. The van der Waals surface area contributed by atoms with Crippen LogP contribution in [0.15, 0.2) is 23.0 Å². The lowest BCUT2D eigenvalue weighted by atomic mass is 9.93. The first kappa shape index (κ1) is 30.0. The highest BCUT2D eigenvalue weighted by Crippen LogP contribution is 2.37. The molecule has 10 nitrogen and oxygen atoms in total. The molecule has 0 saturated carbocycles. The van der Waals surface area contributed by atoms with Gasteiger partial charge in [-0.15, -0.1) is 0 Å². The molecular weight excluding hydrogens is 456 g/mol. The Labute approximate surface area is 208 Å². The van der Waals surface area contributed by atoms with E-state index in [1.54, 1.807) is 37.5 Å². The van der Waals surface area contributed by atoms with Gasteiger partial charge in [0.15, 0.2) is 0 Å². The molecule has 0 N–H and O–H groups in total. The summed E-state index contributed by atoms with van der Waals surface area (Å²) in [5.41, 5.74) is 0.168. The third-order valence-electron chi connectivity index (χ3n) is 5.38. The molecule has 0 aliphatic carbocycles. The van der Waals surface area contributed by atoms with Crippen molar-refractivity contribution in [1.82, 2.24) is 9.80 Å². The molecule has 0 amide bonds. The van der Waals surface area contributed by atoms with E-state index in [1.807, 2.05) is 20.8 Å². The Morgan fingerprint density at radius 1 is 0.771 bits per heavy atom. The van der Waals surface area contributed by atoms with Gasteiger partial charge >= 0.3 is 23.9 Å². The van der Waals surface area contributed by atoms with Gasteiger partial charge in [0.2, 0.25) is 0 Å². The van der Waals surface area contributed by atoms with Gasteiger partial charge in [-0.1, -0.05) is 20.8 Å². The lowest BCUT2D eigenvalue weighted by Crippen LogP contribution is -2.59. The topological polar surface area (TPSA) is 112 Å². The third kappa shape index (κ3) is 7.22. The Morgan fingerprint density at radius 2 is 1.34 bits per heavy atom. The summed E-state index contributed by atoms with van der Waals surface area (Å²) in [4.78, 5) is 55.4. The van der Waals surface area contributed by atoms with Crippen molar-refractivity contribution in [3.8, 4) is 0 Å². The molecule has 0 spiro atoms. The molecule has 1 rings (SSSR count). The van der Waals surface area contributed by atoms with E-state index in [-0.39, 0.29) is 43.4 Å². The zero-order valence-electron chi connectivity index (χ0n) is 22.0. The van der Waals surface area contributed by atoms with Crippen molar-refractivity contribution in [2.45, 2.75) is 79.9 Å². The molecule has 0 bridgehead atoms. The molecule has 198 valence electrons. The van der Waals surface area contributed by atoms with E-state index >= 15 is 0 Å². The summed E-state index contributed by atoms with van der Waals surface area (Å²) >= 11 is 0. The molecule has 2 unspecified atom stereocenters. The molecule has 0 aromatic carbocycles. The first-order valence-corrected chi connectivity index (χ1v) is 12.5. The summed E-state index contributed by atoms with van der Waals surface area (Å²) in [5, 5.41) is 0. The van der Waals surface area contributed by atoms with Crippen molar-refractivity contribution < 1.29 is 38.1 Å². The molecule has 0 fully saturated rings. The number of rotatable bonds is 13. The maximum Gasteiger partial charge on any atom is 0.355 e. The molecule has 0 radical (unpaired) electrons. The zero-order valence-corrected chi connectivity index (χ0v) is 22.0. The van der Waals surface area contributed by atoms with Crippen LogP contribution < -0.4 is 0 Å². The second-order valence-electron chi connectivity index (χ2n) is 7.62. The molecule has 2 atom stereocenters. The maximum absolute atomic E-state index is 13.3. The summed E-state index contributed by atoms with van der Waals surface area (Å²) in [6.07, 6.45) is 2.01. The monoisotopic (exact) mass is 496 g/mol. The van der Waals surface area contributed by atoms with Crippen LogP contribution in [0.3, 0.4) is 0 Å². The quantitative estimate of drug-likeness (QED) is 0.214. The van der Waals surface area contributed by atoms with Crippen molar-refractivity contribution in [1.29, 1.82) is 0 Å². The van der Waals surface area contributed by atoms with Crippen LogP contribution in [0.25, 0.3) is 0 Å². The van der Waals surface area contributed by atoms with Crippen molar-refractivity contribution in [2.24, 2.45) is 0 Å². The van der Waals surface area contributed by atoms with Crippen LogP contribution in [0.2, 0.25) is 0 Å². The van der Waals surface area contributed by atoms with Gasteiger partial charge in [0.1, 0.15) is 17.6 Å². The number of hydrogen-bond donors (Lipinski definition) is 0. The van der Waals surface area contributed by atoms with Crippen molar-refractivity contribution >= 4 is 23.9 Å². The SMILES string of the molecule is CCCN1C(C(=O)OCC)=C(C(=O)OCC)C(CC)N(/C(=C/C(=O)OCC)C(=O)OCC)C1CC. The largest absolute Gasteiger partial charge is 0.463 e. The summed E-state index contributed by atoms with van der Waals surface area (Å²) in [5.74, 6) is -2.74. The number of carbonyl (C=O) groups excluding carboxylic acids is 4. The fraction of sp³-hybridized carbons (Fsp3) is 0.680. The van der Waals surface area contributed by atoms with Gasteiger partial charge in [0.05, 0.1) is 44.1 Å². The molecule has 1 aliphatic heterocycles. The number of ether oxygens (including phenoxy) is 4. The highest BCUT2D eigenvalue weighted by Gasteiger charge is 2.47. The van der Waals surface area contributed by atoms with Crippen molar-refractivity contribution in [3.63, 3.8) is 0 Å². The van der Waals surface area contributed by atoms with Crippen LogP contribution in [0.1, 0.15) is 67.7 Å². The van der Waals surface area contributed by atoms with E-state index in [9.17, 15) is 19.2 Å². The van der Waals surface area contributed by atoms with Gasteiger partial charge in [0.25, 0.3) is 0 Å². The molecule has 1 heterocycles. The van der Waals surface area contributed by atoms with E-state index < -0.39 is 36.1 Å². The predicted octanol–water partition coefficient (Wildman–Crippen LogP) is 2.92. The smallest absolute Gasteiger partial charge is 0.355 e. The van der Waals surface area contributed by atoms with Gasteiger partial charge in [-0.25, -0.2) is 19.2 Å². The predicted molar refractivity (Wildman–Crippen MR) is 129 cm³/mol. The molecular formula is C25H40N2O8. The van der Waals surface area contributed by atoms with Gasteiger partial charge < -0.3 is 28.7 Å². The fourth-order valence-corrected chi connectivity index (χ4v) is 4.21. The van der Waals surface area contributed by atoms with Gasteiger partial charge in [0, 0.05) is 6.54 Å². The third-order valence-corrected chi connectivity index (χ3v) is 5.38. The summed E-state index contributed by atoms with van der Waals surface area (Å²) in [7, 11) is 0. The lowest BCUT2D eigenvalue weighted by molar-refractivity contribution is -0.149. The fourth-order valence-electron chi connectivity index (χ4n) is 4.21. The van der Waals surface area contributed by atoms with Gasteiger partial charge in [-0.3, -0.25) is 0 Å². The Hall–Kier alpha value is -3.04. The zero-order chi connectivity index (χ0) is 26.5. The minimum absolute atomic E-state index is 0.0465. The highest BCUT2D eigenvalue weighted by atomic mass is 16.5. The van der Waals surface area contributed by atoms with E-state index in [4.69, 9.17) is 18.9 Å². The molecule has 1 aliphatic rings. The van der Waals surface area contributed by atoms with Crippen LogP contribution >= 0.6 is 0 Å². The van der Waals surface area contributed by atoms with Crippen LogP contribution in [0.4, 0.5) is 0 Å². The summed E-state index contributed by atoms with van der Waals surface area (Å²) in [6, 6.07) is -0.753. The number of nitrogens with zero attached hydrogens (tertiary/aromatic N) is 2. The van der Waals surface area contributed by atoms with Crippen LogP contribution in [0.5, 0.6) is 0 Å². The summed E-state index contributed by atoms with van der Waals surface area (Å²) in [6.45, 7) is 13.2. The average molecular weight is 497 g/mol. The van der Waals surface area contributed by atoms with Crippen LogP contribution in [-0.4, -0.2) is 78.9 Å². The van der Waals surface area contributed by atoms with Crippen molar-refractivity contribution in [3.05, 3.63) is 23.0 Å². The Kier molecular flexibility index (Phi) is 12.9. The first-order chi connectivity index (χ1) is 16.8. The van der Waals surface area contributed by atoms with Gasteiger partial charge in [-0.2, -0.15) is 0 Å². The number of carbonyl (C=O) groups is 4. The Bertz CT molecular complexity index is 820. The van der Waals surface area contributed by atoms with Crippen LogP contribution in [-0.2, 0) is 38.1 Å². The molecule has 10 heteroatoms. The second kappa shape index (κ2) is 15.1.